The number of carbonyl (C=O) groups excluding carboxylic acids is 1. The lowest BCUT2D eigenvalue weighted by molar-refractivity contribution is -0.139. The second-order valence-electron chi connectivity index (χ2n) is 3.79. The van der Waals surface area contributed by atoms with Crippen molar-refractivity contribution in [2.45, 2.75) is 0 Å². The molecule has 7 heteroatoms. The van der Waals surface area contributed by atoms with Gasteiger partial charge in [-0.05, 0) is 24.3 Å². The highest BCUT2D eigenvalue weighted by Gasteiger charge is 2.10. The summed E-state index contributed by atoms with van der Waals surface area (Å²) in [5.41, 5.74) is 0.844. The first-order valence-electron chi connectivity index (χ1n) is 5.54. The summed E-state index contributed by atoms with van der Waals surface area (Å²) >= 11 is 5.93. The van der Waals surface area contributed by atoms with E-state index >= 15 is 0 Å². The van der Waals surface area contributed by atoms with Crippen molar-refractivity contribution < 1.29 is 23.8 Å². The number of rotatable bonds is 5. The summed E-state index contributed by atoms with van der Waals surface area (Å²) in [5, 5.41) is 11.3. The van der Waals surface area contributed by atoms with Gasteiger partial charge < -0.3 is 19.6 Å². The highest BCUT2D eigenvalue weighted by molar-refractivity contribution is 6.32. The lowest BCUT2D eigenvalue weighted by atomic mass is 10.2. The fourth-order valence-electron chi connectivity index (χ4n) is 1.43. The van der Waals surface area contributed by atoms with Gasteiger partial charge in [-0.3, -0.25) is 4.79 Å². The van der Waals surface area contributed by atoms with Gasteiger partial charge in [0.1, 0.15) is 12.0 Å². The number of hydrogen-bond donors (Lipinski definition) is 2. The third kappa shape index (κ3) is 3.52. The van der Waals surface area contributed by atoms with E-state index in [0.29, 0.717) is 11.3 Å². The zero-order chi connectivity index (χ0) is 14.5. The van der Waals surface area contributed by atoms with Gasteiger partial charge >= 0.3 is 5.97 Å². The Morgan fingerprint density at radius 2 is 2.15 bits per heavy atom. The van der Waals surface area contributed by atoms with Gasteiger partial charge in [0.05, 0.1) is 16.8 Å². The zero-order valence-corrected chi connectivity index (χ0v) is 10.9. The van der Waals surface area contributed by atoms with E-state index in [1.165, 1.54) is 30.7 Å². The Hall–Kier alpha value is -2.47. The molecule has 1 heterocycles. The number of anilines is 1. The Bertz CT molecular complexity index is 624. The van der Waals surface area contributed by atoms with Gasteiger partial charge in [0, 0.05) is 5.69 Å². The molecule has 0 aliphatic carbocycles. The fraction of sp³-hybridized carbons (Fsp3) is 0.0769. The van der Waals surface area contributed by atoms with Crippen LogP contribution in [0.25, 0.3) is 0 Å². The number of carboxylic acids is 1. The zero-order valence-electron chi connectivity index (χ0n) is 10.1. The van der Waals surface area contributed by atoms with Crippen LogP contribution in [-0.4, -0.2) is 23.6 Å². The summed E-state index contributed by atoms with van der Waals surface area (Å²) in [4.78, 5) is 22.2. The minimum absolute atomic E-state index is 0.205. The predicted molar refractivity (Wildman–Crippen MR) is 71.2 cm³/mol. The van der Waals surface area contributed by atoms with Gasteiger partial charge in [-0.2, -0.15) is 0 Å². The molecule has 6 nitrogen and oxygen atoms in total. The molecule has 2 rings (SSSR count). The highest BCUT2D eigenvalue weighted by Crippen LogP contribution is 2.27. The van der Waals surface area contributed by atoms with Gasteiger partial charge in [-0.25, -0.2) is 4.79 Å². The van der Waals surface area contributed by atoms with Crippen molar-refractivity contribution in [3.8, 4) is 5.75 Å². The molecule has 2 aromatic rings. The topological polar surface area (TPSA) is 88.8 Å². The Kier molecular flexibility index (Phi) is 4.27. The summed E-state index contributed by atoms with van der Waals surface area (Å²) in [5.74, 6) is -1.21. The summed E-state index contributed by atoms with van der Waals surface area (Å²) in [7, 11) is 0. The first kappa shape index (κ1) is 14.0. The summed E-state index contributed by atoms with van der Waals surface area (Å²) in [6.07, 6.45) is 2.71. The summed E-state index contributed by atoms with van der Waals surface area (Å²) in [6, 6.07) is 6.04. The molecule has 0 spiro atoms. The van der Waals surface area contributed by atoms with Crippen molar-refractivity contribution in [2.24, 2.45) is 0 Å². The van der Waals surface area contributed by atoms with E-state index < -0.39 is 12.6 Å². The van der Waals surface area contributed by atoms with Gasteiger partial charge in [0.2, 0.25) is 0 Å². The molecule has 1 aromatic carbocycles. The second kappa shape index (κ2) is 6.12. The van der Waals surface area contributed by atoms with Gasteiger partial charge in [-0.1, -0.05) is 11.6 Å². The monoisotopic (exact) mass is 295 g/mol. The van der Waals surface area contributed by atoms with E-state index in [9.17, 15) is 9.59 Å². The van der Waals surface area contributed by atoms with Crippen LogP contribution in [0, 0.1) is 0 Å². The number of ether oxygens (including phenoxy) is 1. The molecule has 104 valence electrons. The number of furan rings is 1. The maximum absolute atomic E-state index is 11.8. The molecular weight excluding hydrogens is 286 g/mol. The Morgan fingerprint density at radius 3 is 2.75 bits per heavy atom. The Morgan fingerprint density at radius 1 is 1.35 bits per heavy atom. The predicted octanol–water partition coefficient (Wildman–Crippen LogP) is 2.65. The standard InChI is InChI=1S/C13H10ClNO5/c14-10-5-9(1-2-11(10)20-7-12(16)17)15-13(18)8-3-4-19-6-8/h1-6H,7H2,(H,15,18)(H,16,17). The van der Waals surface area contributed by atoms with Crippen molar-refractivity contribution in [2.75, 3.05) is 11.9 Å². The number of aliphatic carboxylic acids is 1. The molecule has 0 unspecified atom stereocenters. The van der Waals surface area contributed by atoms with Crippen LogP contribution in [0.3, 0.4) is 0 Å². The number of carboxylic acid groups (broad SMARTS) is 1. The third-order valence-corrected chi connectivity index (χ3v) is 2.62. The lowest BCUT2D eigenvalue weighted by Gasteiger charge is -2.08. The smallest absolute Gasteiger partial charge is 0.341 e. The van der Waals surface area contributed by atoms with E-state index in [1.807, 2.05) is 0 Å². The largest absolute Gasteiger partial charge is 0.480 e. The van der Waals surface area contributed by atoms with E-state index in [0.717, 1.165) is 0 Å². The van der Waals surface area contributed by atoms with Crippen LogP contribution in [-0.2, 0) is 4.79 Å². The van der Waals surface area contributed by atoms with Crippen LogP contribution in [0.15, 0.2) is 41.2 Å². The van der Waals surface area contributed by atoms with Crippen LogP contribution < -0.4 is 10.1 Å². The summed E-state index contributed by atoms with van der Waals surface area (Å²) in [6.45, 7) is -0.486. The van der Waals surface area contributed by atoms with Gasteiger partial charge in [-0.15, -0.1) is 0 Å². The maximum atomic E-state index is 11.8. The molecule has 1 amide bonds. The van der Waals surface area contributed by atoms with Crippen LogP contribution in [0.5, 0.6) is 5.75 Å². The molecule has 20 heavy (non-hydrogen) atoms. The molecule has 1 aromatic heterocycles. The average Bonchev–Trinajstić information content (AvgIpc) is 2.91. The number of carbonyl (C=O) groups is 2. The molecule has 0 fully saturated rings. The number of benzene rings is 1. The molecule has 0 saturated carbocycles. The first-order chi connectivity index (χ1) is 9.56. The SMILES string of the molecule is O=C(O)COc1ccc(NC(=O)c2ccoc2)cc1Cl. The Labute approximate surface area is 118 Å². The molecule has 0 aliphatic heterocycles. The van der Waals surface area contributed by atoms with Crippen LogP contribution in [0.1, 0.15) is 10.4 Å². The van der Waals surface area contributed by atoms with Crippen LogP contribution >= 0.6 is 11.6 Å². The minimum Gasteiger partial charge on any atom is -0.480 e. The highest BCUT2D eigenvalue weighted by atomic mass is 35.5. The van der Waals surface area contributed by atoms with Crippen molar-refractivity contribution in [1.82, 2.24) is 0 Å². The molecule has 0 aliphatic rings. The minimum atomic E-state index is -1.10. The Balaban J connectivity index is 2.05. The molecule has 0 saturated heterocycles. The van der Waals surface area contributed by atoms with Crippen LogP contribution in [0.2, 0.25) is 5.02 Å². The molecule has 0 radical (unpaired) electrons. The lowest BCUT2D eigenvalue weighted by Crippen LogP contribution is -2.11. The quantitative estimate of drug-likeness (QED) is 0.885. The van der Waals surface area contributed by atoms with Gasteiger partial charge in [0.15, 0.2) is 6.61 Å². The van der Waals surface area contributed by atoms with Crippen molar-refractivity contribution in [3.63, 3.8) is 0 Å². The second-order valence-corrected chi connectivity index (χ2v) is 4.20. The number of nitrogens with one attached hydrogen (secondary N) is 1. The molecule has 0 bridgehead atoms. The maximum Gasteiger partial charge on any atom is 0.341 e. The van der Waals surface area contributed by atoms with Crippen molar-refractivity contribution >= 4 is 29.2 Å². The number of hydrogen-bond acceptors (Lipinski definition) is 4. The number of halogens is 1. The van der Waals surface area contributed by atoms with E-state index in [4.69, 9.17) is 25.9 Å². The molecule has 0 atom stereocenters. The average molecular weight is 296 g/mol. The normalized spacial score (nSPS) is 10.1. The number of amides is 1. The molecular formula is C13H10ClNO5. The summed E-state index contributed by atoms with van der Waals surface area (Å²) < 4.78 is 9.78. The first-order valence-corrected chi connectivity index (χ1v) is 5.92. The van der Waals surface area contributed by atoms with E-state index in [-0.39, 0.29) is 16.7 Å². The van der Waals surface area contributed by atoms with Crippen molar-refractivity contribution in [3.05, 3.63) is 47.4 Å². The van der Waals surface area contributed by atoms with Crippen LogP contribution in [0.4, 0.5) is 5.69 Å². The third-order valence-electron chi connectivity index (χ3n) is 2.32. The fourth-order valence-corrected chi connectivity index (χ4v) is 1.67. The van der Waals surface area contributed by atoms with Crippen molar-refractivity contribution in [1.29, 1.82) is 0 Å². The van der Waals surface area contributed by atoms with E-state index in [2.05, 4.69) is 5.32 Å². The van der Waals surface area contributed by atoms with Gasteiger partial charge in [0.25, 0.3) is 5.91 Å². The molecule has 2 N–H and O–H groups in total. The van der Waals surface area contributed by atoms with E-state index in [1.54, 1.807) is 6.07 Å².